The van der Waals surface area contributed by atoms with Crippen molar-refractivity contribution in [1.82, 2.24) is 4.98 Å². The maximum Gasteiger partial charge on any atom is 0.213 e. The molecule has 0 saturated carbocycles. The Kier molecular flexibility index (Phi) is 3.45. The van der Waals surface area contributed by atoms with Crippen molar-refractivity contribution in [2.24, 2.45) is 0 Å². The Balaban J connectivity index is 1.76. The van der Waals surface area contributed by atoms with Crippen molar-refractivity contribution in [1.29, 1.82) is 0 Å². The van der Waals surface area contributed by atoms with E-state index in [0.717, 1.165) is 36.1 Å². The summed E-state index contributed by atoms with van der Waals surface area (Å²) in [6.07, 6.45) is 2.68. The number of pyridine rings is 1. The zero-order chi connectivity index (χ0) is 14.0. The summed E-state index contributed by atoms with van der Waals surface area (Å²) in [5.41, 5.74) is 2.28. The van der Waals surface area contributed by atoms with Gasteiger partial charge < -0.3 is 9.84 Å². The van der Waals surface area contributed by atoms with Gasteiger partial charge in [-0.25, -0.2) is 4.98 Å². The quantitative estimate of drug-likeness (QED) is 0.930. The first-order chi connectivity index (χ1) is 9.65. The van der Waals surface area contributed by atoms with Crippen LogP contribution in [0.15, 0.2) is 42.5 Å². The summed E-state index contributed by atoms with van der Waals surface area (Å²) in [5.74, 6) is 0.630. The van der Waals surface area contributed by atoms with Crippen LogP contribution in [0.5, 0.6) is 5.88 Å². The fourth-order valence-corrected chi connectivity index (χ4v) is 2.71. The highest BCUT2D eigenvalue weighted by Gasteiger charge is 2.30. The van der Waals surface area contributed by atoms with Crippen molar-refractivity contribution in [3.63, 3.8) is 0 Å². The molecular formula is C17H19NO2. The molecule has 1 aliphatic carbocycles. The minimum Gasteiger partial charge on any atom is -0.473 e. The first-order valence-electron chi connectivity index (χ1n) is 7.05. The average molecular weight is 269 g/mol. The molecule has 0 bridgehead atoms. The lowest BCUT2D eigenvalue weighted by Crippen LogP contribution is -2.27. The van der Waals surface area contributed by atoms with Crippen LogP contribution in [0.3, 0.4) is 0 Å². The van der Waals surface area contributed by atoms with Gasteiger partial charge >= 0.3 is 0 Å². The van der Waals surface area contributed by atoms with Crippen LogP contribution in [0.2, 0.25) is 0 Å². The summed E-state index contributed by atoms with van der Waals surface area (Å²) in [6, 6.07) is 13.8. The molecule has 0 spiro atoms. The lowest BCUT2D eigenvalue weighted by molar-refractivity contribution is 0.0377. The molecule has 0 amide bonds. The highest BCUT2D eigenvalue weighted by atomic mass is 16.5. The summed E-state index contributed by atoms with van der Waals surface area (Å²) in [7, 11) is 0. The average Bonchev–Trinajstić information content (AvgIpc) is 2.46. The van der Waals surface area contributed by atoms with Crippen LogP contribution < -0.4 is 4.74 Å². The lowest BCUT2D eigenvalue weighted by atomic mass is 9.83. The maximum absolute atomic E-state index is 10.3. The van der Waals surface area contributed by atoms with Crippen LogP contribution in [0.4, 0.5) is 0 Å². The van der Waals surface area contributed by atoms with E-state index in [0.29, 0.717) is 12.5 Å². The standard InChI is InChI=1S/C17H19NO2/c1-17(19)11-5-8-15-14(17)9-10-16(18-15)20-12-13-6-3-2-4-7-13/h2-4,6-7,9-10,19H,5,8,11-12H2,1H3/t17-/m0/s1. The van der Waals surface area contributed by atoms with Crippen molar-refractivity contribution in [2.45, 2.75) is 38.4 Å². The van der Waals surface area contributed by atoms with Crippen LogP contribution in [-0.2, 0) is 18.6 Å². The molecular weight excluding hydrogens is 250 g/mol. The topological polar surface area (TPSA) is 42.4 Å². The van der Waals surface area contributed by atoms with E-state index in [2.05, 4.69) is 4.98 Å². The Morgan fingerprint density at radius 3 is 2.80 bits per heavy atom. The largest absolute Gasteiger partial charge is 0.473 e. The molecule has 104 valence electrons. The van der Waals surface area contributed by atoms with Gasteiger partial charge in [0.15, 0.2) is 0 Å². The van der Waals surface area contributed by atoms with Crippen LogP contribution in [-0.4, -0.2) is 10.1 Å². The number of rotatable bonds is 3. The minimum atomic E-state index is -0.751. The smallest absolute Gasteiger partial charge is 0.213 e. The van der Waals surface area contributed by atoms with Crippen molar-refractivity contribution >= 4 is 0 Å². The number of ether oxygens (including phenoxy) is 1. The Morgan fingerprint density at radius 1 is 1.20 bits per heavy atom. The third kappa shape index (κ3) is 2.68. The summed E-state index contributed by atoms with van der Waals surface area (Å²) in [5, 5.41) is 10.3. The van der Waals surface area contributed by atoms with E-state index >= 15 is 0 Å². The summed E-state index contributed by atoms with van der Waals surface area (Å²) in [4.78, 5) is 4.54. The molecule has 1 atom stereocenters. The third-order valence-corrected chi connectivity index (χ3v) is 3.84. The molecule has 1 aliphatic rings. The van der Waals surface area contributed by atoms with Gasteiger partial charge in [0.1, 0.15) is 6.61 Å². The number of hydrogen-bond donors (Lipinski definition) is 1. The highest BCUT2D eigenvalue weighted by Crippen LogP contribution is 2.34. The first kappa shape index (κ1) is 13.1. The van der Waals surface area contributed by atoms with E-state index < -0.39 is 5.60 Å². The Labute approximate surface area is 119 Å². The fourth-order valence-electron chi connectivity index (χ4n) is 2.71. The summed E-state index contributed by atoms with van der Waals surface area (Å²) >= 11 is 0. The summed E-state index contributed by atoms with van der Waals surface area (Å²) in [6.45, 7) is 2.38. The van der Waals surface area contributed by atoms with Gasteiger partial charge in [0.05, 0.1) is 11.3 Å². The number of fused-ring (bicyclic) bond motifs is 1. The van der Waals surface area contributed by atoms with Crippen LogP contribution in [0, 0.1) is 0 Å². The Bertz CT molecular complexity index is 593. The highest BCUT2D eigenvalue weighted by molar-refractivity contribution is 5.32. The van der Waals surface area contributed by atoms with Gasteiger partial charge in [0, 0.05) is 11.6 Å². The second kappa shape index (κ2) is 5.25. The molecule has 0 aliphatic heterocycles. The molecule has 1 N–H and O–H groups in total. The molecule has 0 fully saturated rings. The second-order valence-electron chi connectivity index (χ2n) is 5.55. The van der Waals surface area contributed by atoms with Crippen molar-refractivity contribution in [3.05, 3.63) is 59.3 Å². The number of benzene rings is 1. The van der Waals surface area contributed by atoms with Crippen molar-refractivity contribution in [2.75, 3.05) is 0 Å². The van der Waals surface area contributed by atoms with Gasteiger partial charge in [-0.3, -0.25) is 0 Å². The van der Waals surface area contributed by atoms with Crippen LogP contribution in [0.1, 0.15) is 36.6 Å². The monoisotopic (exact) mass is 269 g/mol. The molecule has 3 heteroatoms. The second-order valence-corrected chi connectivity index (χ2v) is 5.55. The van der Waals surface area contributed by atoms with Gasteiger partial charge in [0.25, 0.3) is 0 Å². The van der Waals surface area contributed by atoms with Crippen molar-refractivity contribution in [3.8, 4) is 5.88 Å². The molecule has 0 saturated heterocycles. The molecule has 20 heavy (non-hydrogen) atoms. The number of nitrogens with zero attached hydrogens (tertiary/aromatic N) is 1. The van der Waals surface area contributed by atoms with Crippen LogP contribution >= 0.6 is 0 Å². The molecule has 0 unspecified atom stereocenters. The Morgan fingerprint density at radius 2 is 2.00 bits per heavy atom. The molecule has 3 rings (SSSR count). The number of aromatic nitrogens is 1. The van der Waals surface area contributed by atoms with Gasteiger partial charge in [-0.2, -0.15) is 0 Å². The first-order valence-corrected chi connectivity index (χ1v) is 7.05. The number of aryl methyl sites for hydroxylation is 1. The number of hydrogen-bond acceptors (Lipinski definition) is 3. The van der Waals surface area contributed by atoms with E-state index in [1.807, 2.05) is 49.4 Å². The normalized spacial score (nSPS) is 21.3. The molecule has 2 aromatic rings. The minimum absolute atomic E-state index is 0.517. The van der Waals surface area contributed by atoms with Crippen molar-refractivity contribution < 1.29 is 9.84 Å². The molecule has 1 heterocycles. The lowest BCUT2D eigenvalue weighted by Gasteiger charge is -2.30. The van der Waals surface area contributed by atoms with Crippen LogP contribution in [0.25, 0.3) is 0 Å². The fraction of sp³-hybridized carbons (Fsp3) is 0.353. The molecule has 0 radical (unpaired) electrons. The molecule has 1 aromatic heterocycles. The summed E-state index contributed by atoms with van der Waals surface area (Å²) < 4.78 is 5.73. The van der Waals surface area contributed by atoms with Gasteiger partial charge in [0.2, 0.25) is 5.88 Å². The van der Waals surface area contributed by atoms with E-state index in [9.17, 15) is 5.11 Å². The van der Waals surface area contributed by atoms with Gasteiger partial charge in [-0.1, -0.05) is 30.3 Å². The molecule has 3 nitrogen and oxygen atoms in total. The van der Waals surface area contributed by atoms with E-state index in [1.165, 1.54) is 0 Å². The third-order valence-electron chi connectivity index (χ3n) is 3.84. The maximum atomic E-state index is 10.3. The predicted octanol–water partition coefficient (Wildman–Crippen LogP) is 3.20. The van der Waals surface area contributed by atoms with E-state index in [-0.39, 0.29) is 0 Å². The van der Waals surface area contributed by atoms with E-state index in [4.69, 9.17) is 4.74 Å². The zero-order valence-corrected chi connectivity index (χ0v) is 11.7. The zero-order valence-electron chi connectivity index (χ0n) is 11.7. The van der Waals surface area contributed by atoms with E-state index in [1.54, 1.807) is 0 Å². The Hall–Kier alpha value is -1.87. The number of aliphatic hydroxyl groups is 1. The van der Waals surface area contributed by atoms with Gasteiger partial charge in [-0.05, 0) is 37.8 Å². The van der Waals surface area contributed by atoms with Gasteiger partial charge in [-0.15, -0.1) is 0 Å². The predicted molar refractivity (Wildman–Crippen MR) is 77.5 cm³/mol. The SMILES string of the molecule is C[C@]1(O)CCCc2nc(OCc3ccccc3)ccc21. The molecule has 1 aromatic carbocycles.